The molecule has 3 nitrogen and oxygen atoms in total. The Labute approximate surface area is 124 Å². The van der Waals surface area contributed by atoms with Gasteiger partial charge in [-0.25, -0.2) is 4.98 Å². The smallest absolute Gasteiger partial charge is 0.356 e. The predicted molar refractivity (Wildman–Crippen MR) is 75.9 cm³/mol. The zero-order valence-electron chi connectivity index (χ0n) is 11.2. The van der Waals surface area contributed by atoms with Gasteiger partial charge in [-0.05, 0) is 54.3 Å². The van der Waals surface area contributed by atoms with Gasteiger partial charge in [0.15, 0.2) is 0 Å². The quantitative estimate of drug-likeness (QED) is 0.884. The van der Waals surface area contributed by atoms with Crippen LogP contribution in [0.1, 0.15) is 24.8 Å². The standard InChI is InChI=1S/C13H17BrF3N3/c1-20(10-3-2-5-18-6-4-10)12-11(13(15,16)17)7-9(14)8-19-12/h7-8,10,18H,2-6H2,1H3. The van der Waals surface area contributed by atoms with Crippen LogP contribution in [-0.2, 0) is 6.18 Å². The summed E-state index contributed by atoms with van der Waals surface area (Å²) in [6.45, 7) is 1.75. The van der Waals surface area contributed by atoms with E-state index in [0.29, 0.717) is 4.47 Å². The molecule has 7 heteroatoms. The molecule has 1 unspecified atom stereocenters. The van der Waals surface area contributed by atoms with Crippen molar-refractivity contribution in [1.82, 2.24) is 10.3 Å². The first-order valence-corrected chi connectivity index (χ1v) is 7.35. The highest BCUT2D eigenvalue weighted by Gasteiger charge is 2.36. The number of alkyl halides is 3. The van der Waals surface area contributed by atoms with Gasteiger partial charge in [0.2, 0.25) is 0 Å². The van der Waals surface area contributed by atoms with Crippen molar-refractivity contribution in [2.45, 2.75) is 31.5 Å². The van der Waals surface area contributed by atoms with Crippen molar-refractivity contribution in [1.29, 1.82) is 0 Å². The van der Waals surface area contributed by atoms with E-state index in [9.17, 15) is 13.2 Å². The van der Waals surface area contributed by atoms with Crippen LogP contribution in [0.25, 0.3) is 0 Å². The molecule has 1 aliphatic heterocycles. The summed E-state index contributed by atoms with van der Waals surface area (Å²) < 4.78 is 39.7. The van der Waals surface area contributed by atoms with Crippen LogP contribution in [0.3, 0.4) is 0 Å². The summed E-state index contributed by atoms with van der Waals surface area (Å²) in [6, 6.07) is 1.17. The Morgan fingerprint density at radius 2 is 2.10 bits per heavy atom. The third kappa shape index (κ3) is 3.63. The number of nitrogens with zero attached hydrogens (tertiary/aromatic N) is 2. The van der Waals surface area contributed by atoms with E-state index in [1.54, 1.807) is 11.9 Å². The molecule has 0 radical (unpaired) electrons. The number of pyridine rings is 1. The van der Waals surface area contributed by atoms with Gasteiger partial charge >= 0.3 is 6.18 Å². The predicted octanol–water partition coefficient (Wildman–Crippen LogP) is 3.44. The lowest BCUT2D eigenvalue weighted by Gasteiger charge is -2.30. The number of hydrogen-bond donors (Lipinski definition) is 1. The van der Waals surface area contributed by atoms with Crippen LogP contribution in [-0.4, -0.2) is 31.2 Å². The number of halogens is 4. The number of anilines is 1. The zero-order chi connectivity index (χ0) is 14.8. The summed E-state index contributed by atoms with van der Waals surface area (Å²) in [6.07, 6.45) is -0.323. The van der Waals surface area contributed by atoms with Gasteiger partial charge in [-0.2, -0.15) is 13.2 Å². The molecule has 112 valence electrons. The van der Waals surface area contributed by atoms with Crippen molar-refractivity contribution >= 4 is 21.7 Å². The molecule has 1 atom stereocenters. The van der Waals surface area contributed by atoms with Gasteiger partial charge in [0, 0.05) is 23.8 Å². The average Bonchev–Trinajstić information content (AvgIpc) is 2.65. The molecule has 1 fully saturated rings. The Kier molecular flexibility index (Phi) is 4.90. The van der Waals surface area contributed by atoms with Crippen molar-refractivity contribution < 1.29 is 13.2 Å². The van der Waals surface area contributed by atoms with Gasteiger partial charge in [0.05, 0.1) is 5.56 Å². The molecular weight excluding hydrogens is 335 g/mol. The van der Waals surface area contributed by atoms with Gasteiger partial charge in [0.25, 0.3) is 0 Å². The summed E-state index contributed by atoms with van der Waals surface area (Å²) in [4.78, 5) is 5.66. The first kappa shape index (κ1) is 15.6. The van der Waals surface area contributed by atoms with Gasteiger partial charge in [-0.3, -0.25) is 0 Å². The maximum Gasteiger partial charge on any atom is 0.419 e. The summed E-state index contributed by atoms with van der Waals surface area (Å²) in [5.74, 6) is 0.00704. The summed E-state index contributed by atoms with van der Waals surface area (Å²) in [5, 5.41) is 3.26. The van der Waals surface area contributed by atoms with Crippen molar-refractivity contribution in [3.8, 4) is 0 Å². The molecular formula is C13H17BrF3N3. The molecule has 1 N–H and O–H groups in total. The SMILES string of the molecule is CN(c1ncc(Br)cc1C(F)(F)F)C1CCCNCC1. The van der Waals surface area contributed by atoms with Crippen LogP contribution in [0, 0.1) is 0 Å². The molecule has 0 aromatic carbocycles. The van der Waals surface area contributed by atoms with E-state index in [-0.39, 0.29) is 11.9 Å². The number of hydrogen-bond acceptors (Lipinski definition) is 3. The van der Waals surface area contributed by atoms with Crippen molar-refractivity contribution in [3.63, 3.8) is 0 Å². The third-order valence-corrected chi connectivity index (χ3v) is 4.00. The van der Waals surface area contributed by atoms with E-state index in [2.05, 4.69) is 26.2 Å². The van der Waals surface area contributed by atoms with Crippen LogP contribution in [0.2, 0.25) is 0 Å². The van der Waals surface area contributed by atoms with Gasteiger partial charge < -0.3 is 10.2 Å². The summed E-state index contributed by atoms with van der Waals surface area (Å²) in [7, 11) is 1.70. The van der Waals surface area contributed by atoms with E-state index in [1.807, 2.05) is 0 Å². The van der Waals surface area contributed by atoms with Crippen LogP contribution < -0.4 is 10.2 Å². The summed E-state index contributed by atoms with van der Waals surface area (Å²) >= 11 is 3.06. The van der Waals surface area contributed by atoms with Gasteiger partial charge in [0.1, 0.15) is 5.82 Å². The molecule has 0 amide bonds. The lowest BCUT2D eigenvalue weighted by molar-refractivity contribution is -0.137. The fraction of sp³-hybridized carbons (Fsp3) is 0.615. The molecule has 20 heavy (non-hydrogen) atoms. The average molecular weight is 352 g/mol. The van der Waals surface area contributed by atoms with Crippen LogP contribution >= 0.6 is 15.9 Å². The molecule has 0 bridgehead atoms. The highest BCUT2D eigenvalue weighted by Crippen LogP contribution is 2.37. The minimum atomic E-state index is -4.40. The fourth-order valence-corrected chi connectivity index (χ4v) is 2.81. The molecule has 2 heterocycles. The molecule has 1 aliphatic rings. The minimum Gasteiger partial charge on any atom is -0.356 e. The largest absolute Gasteiger partial charge is 0.419 e. The second-order valence-corrected chi connectivity index (χ2v) is 5.88. The molecule has 1 saturated heterocycles. The van der Waals surface area contributed by atoms with Crippen molar-refractivity contribution in [2.24, 2.45) is 0 Å². The Hall–Kier alpha value is -0.820. The van der Waals surface area contributed by atoms with E-state index < -0.39 is 11.7 Å². The lowest BCUT2D eigenvalue weighted by atomic mass is 10.1. The normalized spacial score (nSPS) is 20.6. The molecule has 0 saturated carbocycles. The van der Waals surface area contributed by atoms with E-state index >= 15 is 0 Å². The van der Waals surface area contributed by atoms with Gasteiger partial charge in [-0.1, -0.05) is 0 Å². The zero-order valence-corrected chi connectivity index (χ0v) is 12.8. The van der Waals surface area contributed by atoms with Crippen molar-refractivity contribution in [2.75, 3.05) is 25.0 Å². The van der Waals surface area contributed by atoms with Crippen molar-refractivity contribution in [3.05, 3.63) is 22.3 Å². The lowest BCUT2D eigenvalue weighted by Crippen LogP contribution is -2.34. The van der Waals surface area contributed by atoms with Crippen LogP contribution in [0.4, 0.5) is 19.0 Å². The third-order valence-electron chi connectivity index (χ3n) is 3.57. The van der Waals surface area contributed by atoms with Crippen LogP contribution in [0.5, 0.6) is 0 Å². The Bertz CT molecular complexity index is 457. The van der Waals surface area contributed by atoms with Crippen LogP contribution in [0.15, 0.2) is 16.7 Å². The maximum atomic E-state index is 13.1. The number of rotatable bonds is 2. The molecule has 1 aromatic rings. The molecule has 1 aromatic heterocycles. The first-order valence-electron chi connectivity index (χ1n) is 6.56. The van der Waals surface area contributed by atoms with Gasteiger partial charge in [-0.15, -0.1) is 0 Å². The second-order valence-electron chi connectivity index (χ2n) is 4.97. The highest BCUT2D eigenvalue weighted by atomic mass is 79.9. The Morgan fingerprint density at radius 3 is 2.80 bits per heavy atom. The fourth-order valence-electron chi connectivity index (χ4n) is 2.48. The van der Waals surface area contributed by atoms with E-state index in [1.165, 1.54) is 6.20 Å². The maximum absolute atomic E-state index is 13.1. The minimum absolute atomic E-state index is 0.00704. The number of nitrogens with one attached hydrogen (secondary N) is 1. The van der Waals surface area contributed by atoms with E-state index in [4.69, 9.17) is 0 Å². The second kappa shape index (κ2) is 6.30. The monoisotopic (exact) mass is 351 g/mol. The molecule has 0 aliphatic carbocycles. The topological polar surface area (TPSA) is 28.2 Å². The summed E-state index contributed by atoms with van der Waals surface area (Å²) in [5.41, 5.74) is -0.688. The Morgan fingerprint density at radius 1 is 1.35 bits per heavy atom. The first-order chi connectivity index (χ1) is 9.39. The number of aromatic nitrogens is 1. The highest BCUT2D eigenvalue weighted by molar-refractivity contribution is 9.10. The van der Waals surface area contributed by atoms with E-state index in [0.717, 1.165) is 38.4 Å². The molecule has 2 rings (SSSR count). The Balaban J connectivity index is 2.31. The molecule has 0 spiro atoms.